The van der Waals surface area contributed by atoms with Gasteiger partial charge in [-0.3, -0.25) is 4.99 Å². The molecule has 0 amide bonds. The van der Waals surface area contributed by atoms with Crippen LogP contribution in [0.15, 0.2) is 4.99 Å². The summed E-state index contributed by atoms with van der Waals surface area (Å²) in [7, 11) is 0. The Morgan fingerprint density at radius 1 is 1.18 bits per heavy atom. The highest BCUT2D eigenvalue weighted by Gasteiger charge is 2.08. The quantitative estimate of drug-likeness (QED) is 0.619. The highest BCUT2D eigenvalue weighted by Crippen LogP contribution is 2.07. The Bertz CT molecular complexity index is 118. The van der Waals surface area contributed by atoms with Gasteiger partial charge in [0.05, 0.1) is 13.2 Å². The fraction of sp³-hybridized carbons (Fsp3) is 0.889. The molecule has 11 heavy (non-hydrogen) atoms. The molecule has 2 heteroatoms. The van der Waals surface area contributed by atoms with E-state index in [1.54, 1.807) is 0 Å². The smallest absolute Gasteiger partial charge is 0.0626 e. The van der Waals surface area contributed by atoms with Crippen molar-refractivity contribution < 1.29 is 5.11 Å². The van der Waals surface area contributed by atoms with Crippen LogP contribution < -0.4 is 0 Å². The van der Waals surface area contributed by atoms with Crippen LogP contribution in [0, 0.1) is 11.8 Å². The van der Waals surface area contributed by atoms with Crippen LogP contribution in [0.1, 0.15) is 27.7 Å². The Hall–Kier alpha value is -0.370. The van der Waals surface area contributed by atoms with Crippen molar-refractivity contribution in [3.8, 4) is 0 Å². The lowest BCUT2D eigenvalue weighted by atomic mass is 9.97. The van der Waals surface area contributed by atoms with E-state index in [1.807, 2.05) is 0 Å². The van der Waals surface area contributed by atoms with Crippen LogP contribution >= 0.6 is 0 Å². The van der Waals surface area contributed by atoms with Crippen LogP contribution in [0.25, 0.3) is 0 Å². The number of aliphatic hydroxyl groups is 1. The van der Waals surface area contributed by atoms with Crippen LogP contribution in [0.2, 0.25) is 0 Å². The minimum Gasteiger partial charge on any atom is -0.394 e. The number of hydrogen-bond acceptors (Lipinski definition) is 2. The van der Waals surface area contributed by atoms with Gasteiger partial charge in [-0.15, -0.1) is 0 Å². The third-order valence-corrected chi connectivity index (χ3v) is 1.58. The summed E-state index contributed by atoms with van der Waals surface area (Å²) in [6.07, 6.45) is 0. The Kier molecular flexibility index (Phi) is 5.12. The van der Waals surface area contributed by atoms with Gasteiger partial charge in [-0.05, 0) is 11.8 Å². The van der Waals surface area contributed by atoms with Gasteiger partial charge in [-0.25, -0.2) is 0 Å². The molecule has 0 aliphatic carbocycles. The third-order valence-electron chi connectivity index (χ3n) is 1.58. The van der Waals surface area contributed by atoms with Crippen molar-refractivity contribution in [3.63, 3.8) is 0 Å². The highest BCUT2D eigenvalue weighted by molar-refractivity contribution is 5.87. The van der Waals surface area contributed by atoms with Crippen molar-refractivity contribution in [2.45, 2.75) is 27.7 Å². The first-order valence-corrected chi connectivity index (χ1v) is 4.24. The SMILES string of the molecule is CC(C)C(=NCCO)C(C)C. The molecule has 0 heterocycles. The van der Waals surface area contributed by atoms with Crippen molar-refractivity contribution in [2.24, 2.45) is 16.8 Å². The maximum Gasteiger partial charge on any atom is 0.0626 e. The number of aliphatic hydroxyl groups excluding tert-OH is 1. The average Bonchev–Trinajstić information content (AvgIpc) is 1.87. The van der Waals surface area contributed by atoms with Crippen molar-refractivity contribution in [1.29, 1.82) is 0 Å². The second-order valence-corrected chi connectivity index (χ2v) is 3.34. The average molecular weight is 157 g/mol. The molecule has 0 bridgehead atoms. The van der Waals surface area contributed by atoms with Crippen LogP contribution in [-0.2, 0) is 0 Å². The number of nitrogens with zero attached hydrogens (tertiary/aromatic N) is 1. The monoisotopic (exact) mass is 157 g/mol. The van der Waals surface area contributed by atoms with Gasteiger partial charge < -0.3 is 5.11 Å². The molecule has 0 atom stereocenters. The van der Waals surface area contributed by atoms with Crippen molar-refractivity contribution in [1.82, 2.24) is 0 Å². The molecule has 0 unspecified atom stereocenters. The van der Waals surface area contributed by atoms with Crippen molar-refractivity contribution in [3.05, 3.63) is 0 Å². The third kappa shape index (κ3) is 4.14. The molecule has 0 saturated carbocycles. The molecule has 0 aromatic rings. The lowest BCUT2D eigenvalue weighted by molar-refractivity contribution is 0.306. The van der Waals surface area contributed by atoms with E-state index in [0.717, 1.165) is 0 Å². The van der Waals surface area contributed by atoms with E-state index in [2.05, 4.69) is 32.7 Å². The zero-order valence-electron chi connectivity index (χ0n) is 7.96. The first-order chi connectivity index (χ1) is 5.09. The lowest BCUT2D eigenvalue weighted by Gasteiger charge is -2.13. The van der Waals surface area contributed by atoms with Crippen molar-refractivity contribution >= 4 is 5.71 Å². The predicted molar refractivity (Wildman–Crippen MR) is 49.1 cm³/mol. The summed E-state index contributed by atoms with van der Waals surface area (Å²) in [5, 5.41) is 8.57. The summed E-state index contributed by atoms with van der Waals surface area (Å²) in [4.78, 5) is 4.31. The van der Waals surface area contributed by atoms with E-state index in [4.69, 9.17) is 5.11 Å². The summed E-state index contributed by atoms with van der Waals surface area (Å²) >= 11 is 0. The zero-order valence-corrected chi connectivity index (χ0v) is 7.96. The van der Waals surface area contributed by atoms with Gasteiger partial charge in [-0.2, -0.15) is 0 Å². The molecule has 0 aliphatic heterocycles. The Labute approximate surface area is 69.3 Å². The normalized spacial score (nSPS) is 10.8. The minimum atomic E-state index is 0.156. The van der Waals surface area contributed by atoms with E-state index in [0.29, 0.717) is 18.4 Å². The molecule has 0 saturated heterocycles. The second-order valence-electron chi connectivity index (χ2n) is 3.34. The Balaban J connectivity index is 4.09. The first kappa shape index (κ1) is 10.6. The summed E-state index contributed by atoms with van der Waals surface area (Å²) in [5.41, 5.74) is 1.21. The maximum atomic E-state index is 8.57. The number of aliphatic imine (C=N–C) groups is 1. The highest BCUT2D eigenvalue weighted by atomic mass is 16.3. The predicted octanol–water partition coefficient (Wildman–Crippen LogP) is 1.73. The molecule has 0 fully saturated rings. The molecule has 2 nitrogen and oxygen atoms in total. The van der Waals surface area contributed by atoms with E-state index in [9.17, 15) is 0 Å². The maximum absolute atomic E-state index is 8.57. The molecule has 0 aliphatic rings. The fourth-order valence-electron chi connectivity index (χ4n) is 1.21. The van der Waals surface area contributed by atoms with Crippen molar-refractivity contribution in [2.75, 3.05) is 13.2 Å². The van der Waals surface area contributed by atoms with Gasteiger partial charge in [0, 0.05) is 5.71 Å². The molecular formula is C9H19NO. The lowest BCUT2D eigenvalue weighted by Crippen LogP contribution is -2.16. The van der Waals surface area contributed by atoms with Crippen LogP contribution in [0.3, 0.4) is 0 Å². The van der Waals surface area contributed by atoms with E-state index in [1.165, 1.54) is 5.71 Å². The molecule has 66 valence electrons. The Morgan fingerprint density at radius 3 is 1.91 bits per heavy atom. The second kappa shape index (κ2) is 5.30. The van der Waals surface area contributed by atoms with E-state index in [-0.39, 0.29) is 6.61 Å². The minimum absolute atomic E-state index is 0.156. The standard InChI is InChI=1S/C9H19NO/c1-7(2)9(8(3)4)10-5-6-11/h7-8,11H,5-6H2,1-4H3. The molecule has 0 radical (unpaired) electrons. The molecular weight excluding hydrogens is 138 g/mol. The van der Waals surface area contributed by atoms with Crippen LogP contribution in [0.4, 0.5) is 0 Å². The summed E-state index contributed by atoms with van der Waals surface area (Å²) in [6, 6.07) is 0. The fourth-order valence-corrected chi connectivity index (χ4v) is 1.21. The molecule has 0 spiro atoms. The van der Waals surface area contributed by atoms with E-state index < -0.39 is 0 Å². The summed E-state index contributed by atoms with van der Waals surface area (Å²) in [5.74, 6) is 1.00. The first-order valence-electron chi connectivity index (χ1n) is 4.24. The van der Waals surface area contributed by atoms with Gasteiger partial charge in [0.15, 0.2) is 0 Å². The summed E-state index contributed by atoms with van der Waals surface area (Å²) < 4.78 is 0. The zero-order chi connectivity index (χ0) is 8.85. The largest absolute Gasteiger partial charge is 0.394 e. The molecule has 0 aromatic carbocycles. The van der Waals surface area contributed by atoms with Gasteiger partial charge >= 0.3 is 0 Å². The number of rotatable bonds is 4. The number of hydrogen-bond donors (Lipinski definition) is 1. The Morgan fingerprint density at radius 2 is 1.64 bits per heavy atom. The molecule has 0 aromatic heterocycles. The van der Waals surface area contributed by atoms with Gasteiger partial charge in [0.1, 0.15) is 0 Å². The van der Waals surface area contributed by atoms with E-state index >= 15 is 0 Å². The van der Waals surface area contributed by atoms with Crippen LogP contribution in [-0.4, -0.2) is 24.0 Å². The van der Waals surface area contributed by atoms with Gasteiger partial charge in [0.2, 0.25) is 0 Å². The molecule has 1 N–H and O–H groups in total. The topological polar surface area (TPSA) is 32.6 Å². The van der Waals surface area contributed by atoms with Crippen LogP contribution in [0.5, 0.6) is 0 Å². The van der Waals surface area contributed by atoms with Gasteiger partial charge in [0.25, 0.3) is 0 Å². The van der Waals surface area contributed by atoms with Gasteiger partial charge in [-0.1, -0.05) is 27.7 Å². The summed E-state index contributed by atoms with van der Waals surface area (Å²) in [6.45, 7) is 9.24. The molecule has 0 rings (SSSR count).